The Balaban J connectivity index is 1.63. The van der Waals surface area contributed by atoms with Crippen LogP contribution in [0.15, 0.2) is 0 Å². The number of carbonyl (C=O) groups is 1. The van der Waals surface area contributed by atoms with Crippen LogP contribution in [0.4, 0.5) is 4.79 Å². The van der Waals surface area contributed by atoms with Gasteiger partial charge < -0.3 is 15.0 Å². The average Bonchev–Trinajstić information content (AvgIpc) is 2.77. The molecule has 0 aliphatic carbocycles. The van der Waals surface area contributed by atoms with Crippen LogP contribution in [-0.4, -0.2) is 64.4 Å². The standard InChI is InChI=1S/C18H31N5O2/c1-4-23-17-6-11-25-13-15(17)16(20-23)12-21-7-5-8-22(10-9-21)18(24)19-14(2)3/h14H,4-13H2,1-3H3,(H,19,24). The number of aryl methyl sites for hydroxylation is 1. The van der Waals surface area contributed by atoms with Gasteiger partial charge >= 0.3 is 6.03 Å². The van der Waals surface area contributed by atoms with E-state index in [9.17, 15) is 4.79 Å². The van der Waals surface area contributed by atoms with Crippen molar-refractivity contribution in [1.82, 2.24) is 24.9 Å². The van der Waals surface area contributed by atoms with Crippen molar-refractivity contribution in [3.05, 3.63) is 17.0 Å². The van der Waals surface area contributed by atoms with E-state index < -0.39 is 0 Å². The van der Waals surface area contributed by atoms with E-state index >= 15 is 0 Å². The summed E-state index contributed by atoms with van der Waals surface area (Å²) in [6.45, 7) is 12.8. The zero-order valence-electron chi connectivity index (χ0n) is 15.8. The Morgan fingerprint density at radius 1 is 1.28 bits per heavy atom. The topological polar surface area (TPSA) is 62.6 Å². The van der Waals surface area contributed by atoms with Crippen molar-refractivity contribution >= 4 is 6.03 Å². The van der Waals surface area contributed by atoms with Crippen LogP contribution in [-0.2, 0) is 30.9 Å². The Bertz CT molecular complexity index is 599. The van der Waals surface area contributed by atoms with Crippen LogP contribution in [0.1, 0.15) is 44.1 Å². The van der Waals surface area contributed by atoms with Crippen LogP contribution < -0.4 is 5.32 Å². The van der Waals surface area contributed by atoms with Gasteiger partial charge in [-0.2, -0.15) is 5.10 Å². The normalized spacial score (nSPS) is 19.0. The second kappa shape index (κ2) is 8.19. The number of hydrogen-bond donors (Lipinski definition) is 1. The lowest BCUT2D eigenvalue weighted by Crippen LogP contribution is -2.44. The van der Waals surface area contributed by atoms with E-state index in [1.807, 2.05) is 18.7 Å². The number of fused-ring (bicyclic) bond motifs is 1. The summed E-state index contributed by atoms with van der Waals surface area (Å²) < 4.78 is 7.79. The SMILES string of the molecule is CCn1nc(CN2CCCN(C(=O)NC(C)C)CC2)c2c1CCOC2. The molecule has 0 radical (unpaired) electrons. The highest BCUT2D eigenvalue weighted by Crippen LogP contribution is 2.22. The van der Waals surface area contributed by atoms with Crippen LogP contribution >= 0.6 is 0 Å². The molecule has 25 heavy (non-hydrogen) atoms. The second-order valence-electron chi connectivity index (χ2n) is 7.21. The van der Waals surface area contributed by atoms with Gasteiger partial charge in [-0.25, -0.2) is 4.79 Å². The maximum Gasteiger partial charge on any atom is 0.317 e. The first-order valence-corrected chi connectivity index (χ1v) is 9.51. The van der Waals surface area contributed by atoms with Crippen LogP contribution in [0.3, 0.4) is 0 Å². The van der Waals surface area contributed by atoms with Crippen molar-refractivity contribution in [2.45, 2.75) is 59.4 Å². The number of rotatable bonds is 4. The summed E-state index contributed by atoms with van der Waals surface area (Å²) >= 11 is 0. The molecular weight excluding hydrogens is 318 g/mol. The summed E-state index contributed by atoms with van der Waals surface area (Å²) in [6, 6.07) is 0.231. The van der Waals surface area contributed by atoms with Crippen molar-refractivity contribution in [2.75, 3.05) is 32.8 Å². The molecule has 0 spiro atoms. The lowest BCUT2D eigenvalue weighted by molar-refractivity contribution is 0.107. The van der Waals surface area contributed by atoms with Gasteiger partial charge in [-0.05, 0) is 27.2 Å². The Morgan fingerprint density at radius 2 is 2.12 bits per heavy atom. The molecule has 3 heterocycles. The van der Waals surface area contributed by atoms with Gasteiger partial charge in [0.25, 0.3) is 0 Å². The lowest BCUT2D eigenvalue weighted by Gasteiger charge is -2.23. The largest absolute Gasteiger partial charge is 0.376 e. The molecule has 0 unspecified atom stereocenters. The number of ether oxygens (including phenoxy) is 1. The molecule has 1 saturated heterocycles. The van der Waals surface area contributed by atoms with Crippen molar-refractivity contribution in [1.29, 1.82) is 0 Å². The molecule has 0 aromatic carbocycles. The van der Waals surface area contributed by atoms with Crippen molar-refractivity contribution in [2.24, 2.45) is 0 Å². The molecule has 1 fully saturated rings. The van der Waals surface area contributed by atoms with Gasteiger partial charge in [0.2, 0.25) is 0 Å². The highest BCUT2D eigenvalue weighted by Gasteiger charge is 2.24. The Morgan fingerprint density at radius 3 is 2.88 bits per heavy atom. The van der Waals surface area contributed by atoms with Crippen LogP contribution in [0.5, 0.6) is 0 Å². The molecule has 1 aromatic heterocycles. The smallest absolute Gasteiger partial charge is 0.317 e. The Hall–Kier alpha value is -1.60. The van der Waals surface area contributed by atoms with E-state index in [-0.39, 0.29) is 12.1 Å². The van der Waals surface area contributed by atoms with Gasteiger partial charge in [-0.3, -0.25) is 9.58 Å². The molecule has 3 rings (SSSR count). The van der Waals surface area contributed by atoms with Crippen molar-refractivity contribution in [3.63, 3.8) is 0 Å². The van der Waals surface area contributed by atoms with Crippen LogP contribution in [0.2, 0.25) is 0 Å². The summed E-state index contributed by atoms with van der Waals surface area (Å²) in [6.07, 6.45) is 1.96. The first-order chi connectivity index (χ1) is 12.1. The maximum atomic E-state index is 12.2. The van der Waals surface area contributed by atoms with Crippen molar-refractivity contribution in [3.8, 4) is 0 Å². The molecular formula is C18H31N5O2. The van der Waals surface area contributed by atoms with Gasteiger partial charge in [0, 0.05) is 63.0 Å². The molecule has 140 valence electrons. The fraction of sp³-hybridized carbons (Fsp3) is 0.778. The molecule has 2 aliphatic heterocycles. The number of nitrogens with one attached hydrogen (secondary N) is 1. The third-order valence-electron chi connectivity index (χ3n) is 4.94. The third-order valence-corrected chi connectivity index (χ3v) is 4.94. The van der Waals surface area contributed by atoms with E-state index in [4.69, 9.17) is 9.84 Å². The molecule has 7 heteroatoms. The minimum Gasteiger partial charge on any atom is -0.376 e. The van der Waals surface area contributed by atoms with E-state index in [1.54, 1.807) is 0 Å². The molecule has 0 bridgehead atoms. The lowest BCUT2D eigenvalue weighted by atomic mass is 10.1. The highest BCUT2D eigenvalue weighted by atomic mass is 16.5. The summed E-state index contributed by atoms with van der Waals surface area (Å²) in [7, 11) is 0. The van der Waals surface area contributed by atoms with E-state index in [2.05, 4.69) is 21.8 Å². The monoisotopic (exact) mass is 349 g/mol. The van der Waals surface area contributed by atoms with Gasteiger partial charge in [-0.1, -0.05) is 0 Å². The fourth-order valence-electron chi connectivity index (χ4n) is 3.65. The highest BCUT2D eigenvalue weighted by molar-refractivity contribution is 5.74. The average molecular weight is 349 g/mol. The predicted octanol–water partition coefficient (Wildman–Crippen LogP) is 1.60. The van der Waals surface area contributed by atoms with Gasteiger partial charge in [-0.15, -0.1) is 0 Å². The zero-order chi connectivity index (χ0) is 17.8. The van der Waals surface area contributed by atoms with Crippen molar-refractivity contribution < 1.29 is 9.53 Å². The molecule has 1 N–H and O–H groups in total. The molecule has 0 saturated carbocycles. The van der Waals surface area contributed by atoms with Gasteiger partial charge in [0.05, 0.1) is 18.9 Å². The van der Waals surface area contributed by atoms with E-state index in [0.29, 0.717) is 6.61 Å². The fourth-order valence-corrected chi connectivity index (χ4v) is 3.65. The second-order valence-corrected chi connectivity index (χ2v) is 7.21. The third kappa shape index (κ3) is 4.33. The Kier molecular flexibility index (Phi) is 5.96. The number of carbonyl (C=O) groups excluding carboxylic acids is 1. The molecule has 1 aromatic rings. The zero-order valence-corrected chi connectivity index (χ0v) is 15.8. The summed E-state index contributed by atoms with van der Waals surface area (Å²) in [4.78, 5) is 16.6. The number of hydrogen-bond acceptors (Lipinski definition) is 4. The molecule has 7 nitrogen and oxygen atoms in total. The Labute approximate surface area is 150 Å². The molecule has 2 amide bonds. The minimum absolute atomic E-state index is 0.0536. The summed E-state index contributed by atoms with van der Waals surface area (Å²) in [5.41, 5.74) is 3.78. The predicted molar refractivity (Wildman–Crippen MR) is 96.4 cm³/mol. The van der Waals surface area contributed by atoms with E-state index in [0.717, 1.165) is 64.4 Å². The number of urea groups is 1. The van der Waals surface area contributed by atoms with Gasteiger partial charge in [0.15, 0.2) is 0 Å². The van der Waals surface area contributed by atoms with Crippen LogP contribution in [0, 0.1) is 0 Å². The van der Waals surface area contributed by atoms with Crippen LogP contribution in [0.25, 0.3) is 0 Å². The first kappa shape index (κ1) is 18.2. The maximum absolute atomic E-state index is 12.2. The number of nitrogens with zero attached hydrogens (tertiary/aromatic N) is 4. The number of amides is 2. The quantitative estimate of drug-likeness (QED) is 0.897. The summed E-state index contributed by atoms with van der Waals surface area (Å²) in [5, 5.41) is 7.82. The van der Waals surface area contributed by atoms with E-state index in [1.165, 1.54) is 11.3 Å². The van der Waals surface area contributed by atoms with Gasteiger partial charge in [0.1, 0.15) is 0 Å². The minimum atomic E-state index is 0.0536. The molecule has 2 aliphatic rings. The number of aromatic nitrogens is 2. The summed E-state index contributed by atoms with van der Waals surface area (Å²) in [5.74, 6) is 0. The molecule has 0 atom stereocenters. The first-order valence-electron chi connectivity index (χ1n) is 9.51.